The first-order valence-corrected chi connectivity index (χ1v) is 28.8. The molecule has 0 bridgehead atoms. The molecule has 0 saturated carbocycles. The van der Waals surface area contributed by atoms with Crippen LogP contribution in [-0.2, 0) is 49.1 Å². The Hall–Kier alpha value is -10.1. The van der Waals surface area contributed by atoms with E-state index in [0.29, 0.717) is 76.3 Å². The van der Waals surface area contributed by atoms with E-state index >= 15 is 0 Å². The fourth-order valence-corrected chi connectivity index (χ4v) is 10.4. The number of hydrogen-bond acceptors (Lipinski definition) is 12. The molecule has 6 amide bonds. The lowest BCUT2D eigenvalue weighted by atomic mass is 9.88. The molecule has 0 aromatic heterocycles. The molecule has 2 heterocycles. The van der Waals surface area contributed by atoms with Crippen molar-refractivity contribution in [3.8, 4) is 28.2 Å². The van der Waals surface area contributed by atoms with Crippen LogP contribution < -0.4 is 56.6 Å². The Kier molecular flexibility index (Phi) is 19.6. The zero-order valence-electron chi connectivity index (χ0n) is 49.1. The molecule has 0 radical (unpaired) electrons. The number of amides is 6. The molecule has 0 fully saturated rings. The van der Waals surface area contributed by atoms with E-state index in [1.807, 2.05) is 110 Å². The number of aliphatic hydroxyl groups is 1. The van der Waals surface area contributed by atoms with Crippen molar-refractivity contribution in [1.82, 2.24) is 31.2 Å². The predicted molar refractivity (Wildman–Crippen MR) is 329 cm³/mol. The summed E-state index contributed by atoms with van der Waals surface area (Å²) in [6.45, 7) is 2.05. The molecule has 6 aromatic rings. The third kappa shape index (κ3) is 15.0. The fourth-order valence-electron chi connectivity index (χ4n) is 10.4. The topological polar surface area (TPSA) is 264 Å². The third-order valence-electron chi connectivity index (χ3n) is 15.3. The Morgan fingerprint density at radius 3 is 2.11 bits per heavy atom. The number of para-hydroxylation sites is 1. The van der Waals surface area contributed by atoms with Gasteiger partial charge < -0.3 is 61.0 Å². The van der Waals surface area contributed by atoms with Crippen molar-refractivity contribution in [2.75, 3.05) is 45.0 Å². The highest BCUT2D eigenvalue weighted by Gasteiger charge is 2.48. The van der Waals surface area contributed by atoms with E-state index < -0.39 is 71.6 Å². The van der Waals surface area contributed by atoms with Gasteiger partial charge in [-0.25, -0.2) is 4.58 Å². The van der Waals surface area contributed by atoms with Crippen LogP contribution in [0.4, 0.5) is 11.4 Å². The van der Waals surface area contributed by atoms with Crippen LogP contribution in [0.15, 0.2) is 168 Å². The van der Waals surface area contributed by atoms with Crippen LogP contribution in [-0.4, -0.2) is 99.4 Å². The summed E-state index contributed by atoms with van der Waals surface area (Å²) in [6.07, 6.45) is 0.854. The first kappa shape index (κ1) is 61.4. The van der Waals surface area contributed by atoms with Crippen molar-refractivity contribution >= 4 is 63.8 Å². The third-order valence-corrected chi connectivity index (χ3v) is 15.3. The number of rotatable bonds is 25. The van der Waals surface area contributed by atoms with E-state index in [0.717, 1.165) is 22.2 Å². The predicted octanol–water partition coefficient (Wildman–Crippen LogP) is 5.80. The summed E-state index contributed by atoms with van der Waals surface area (Å²) in [5, 5.41) is 42.7. The van der Waals surface area contributed by atoms with Gasteiger partial charge in [-0.05, 0) is 90.6 Å². The highest BCUT2D eigenvalue weighted by Crippen LogP contribution is 2.43. The van der Waals surface area contributed by atoms with Gasteiger partial charge in [0.2, 0.25) is 29.0 Å². The van der Waals surface area contributed by atoms with Gasteiger partial charge >= 0.3 is 0 Å². The summed E-state index contributed by atoms with van der Waals surface area (Å²) in [6, 6.07) is 44.3. The van der Waals surface area contributed by atoms with E-state index in [-0.39, 0.29) is 42.6 Å². The van der Waals surface area contributed by atoms with Gasteiger partial charge in [0, 0.05) is 103 Å². The highest BCUT2D eigenvalue weighted by molar-refractivity contribution is 6.09. The van der Waals surface area contributed by atoms with Crippen LogP contribution in [0.1, 0.15) is 82.0 Å². The number of nitrogens with one attached hydrogen (secondary N) is 6. The van der Waals surface area contributed by atoms with Crippen molar-refractivity contribution in [2.45, 2.75) is 82.3 Å². The van der Waals surface area contributed by atoms with Crippen molar-refractivity contribution < 1.29 is 52.9 Å². The van der Waals surface area contributed by atoms with E-state index in [1.54, 1.807) is 84.9 Å². The minimum absolute atomic E-state index is 0.0128. The number of hydrogen-bond donors (Lipinski definition) is 7. The fraction of sp³-hybridized carbons (Fsp3) is 0.265. The molecule has 4 atom stereocenters. The normalized spacial score (nSPS) is 14.4. The van der Waals surface area contributed by atoms with Gasteiger partial charge in [-0.15, -0.1) is 0 Å². The van der Waals surface area contributed by atoms with Gasteiger partial charge in [-0.2, -0.15) is 0 Å². The maximum atomic E-state index is 14.2. The maximum Gasteiger partial charge on any atom is 0.261 e. The Morgan fingerprint density at radius 1 is 0.701 bits per heavy atom. The number of carboxylic acid groups (broad SMARTS) is 1. The Balaban J connectivity index is 0.837. The van der Waals surface area contributed by atoms with Gasteiger partial charge in [-0.1, -0.05) is 103 Å². The molecule has 19 nitrogen and oxygen atoms in total. The van der Waals surface area contributed by atoms with E-state index in [9.17, 15) is 43.8 Å². The molecule has 448 valence electrons. The first-order chi connectivity index (χ1) is 41.8. The Labute approximate surface area is 503 Å². The number of unbranched alkanes of at least 4 members (excludes halogenated alkanes) is 2. The molecule has 6 aromatic carbocycles. The van der Waals surface area contributed by atoms with Crippen molar-refractivity contribution in [2.24, 2.45) is 0 Å². The SMILES string of the molecule is C[C@H](NC(=O)[C@H](Cc1ccc(OCc2ccccc2)cc1)NC(=O)CCCCCNC(=O)c1ccc(-c2c3ccc(=[N+](C)C)cc-3oc3cc(N(C)C)ccc23)c(C(=O)[O-])c1)C(=O)N[C@@H](C[C@]1(O)C(=O)Nc2ccccc21)C(=O)NCc1ccccc1. The summed E-state index contributed by atoms with van der Waals surface area (Å²) in [5.41, 5.74) is 3.88. The number of carboxylic acids is 1. The van der Waals surface area contributed by atoms with Gasteiger partial charge in [0.1, 0.15) is 55.9 Å². The molecule has 19 heteroatoms. The van der Waals surface area contributed by atoms with Gasteiger partial charge in [-0.3, -0.25) is 28.8 Å². The lowest BCUT2D eigenvalue weighted by Crippen LogP contribution is -2.57. The quantitative estimate of drug-likeness (QED) is 0.0204. The molecule has 9 rings (SSSR count). The monoisotopic (exact) mass is 1170 g/mol. The number of anilines is 2. The van der Waals surface area contributed by atoms with Crippen LogP contribution in [0.25, 0.3) is 33.4 Å². The lowest BCUT2D eigenvalue weighted by molar-refractivity contribution is -0.255. The smallest absolute Gasteiger partial charge is 0.261 e. The average molecular weight is 1180 g/mol. The van der Waals surface area contributed by atoms with Crippen molar-refractivity contribution in [3.63, 3.8) is 0 Å². The van der Waals surface area contributed by atoms with Gasteiger partial charge in [0.05, 0.1) is 12.0 Å². The summed E-state index contributed by atoms with van der Waals surface area (Å²) in [4.78, 5) is 97.5. The molecule has 0 unspecified atom stereocenters. The summed E-state index contributed by atoms with van der Waals surface area (Å²) >= 11 is 0. The van der Waals surface area contributed by atoms with Crippen molar-refractivity contribution in [1.29, 1.82) is 0 Å². The zero-order chi connectivity index (χ0) is 61.8. The maximum absolute atomic E-state index is 14.2. The van der Waals surface area contributed by atoms with Crippen LogP contribution in [0.2, 0.25) is 0 Å². The number of nitrogens with zero attached hydrogens (tertiary/aromatic N) is 2. The molecule has 87 heavy (non-hydrogen) atoms. The van der Waals surface area contributed by atoms with Gasteiger partial charge in [0.15, 0.2) is 5.60 Å². The number of fused-ring (bicyclic) bond motifs is 3. The second kappa shape index (κ2) is 27.7. The number of benzene rings is 7. The number of aromatic carboxylic acids is 1. The van der Waals surface area contributed by atoms with Crippen LogP contribution in [0.3, 0.4) is 0 Å². The standard InChI is InChI=1S/C68H70N8O11/c1-42(62(78)73-57(64(80)70-40-44-17-9-6-10-18-44)39-68(85)54-21-14-15-22-55(54)74-67(68)84)71-65(81)56(35-43-24-29-49(30-25-43)86-41-45-19-11-7-12-20-45)72-60(77)23-13-8-16-34-69-63(79)46-26-31-50(53(36-46)66(82)83)61-51-32-27-47(75(2)3)37-58(51)87-59-38-48(76(4)5)28-33-52(59)61/h6-7,9-12,14-15,17-22,24-33,36-38,42,56-57,85H,8,13,16,23,34-35,39-41H2,1-5H3,(H6-,69,70,71,72,73,74,77,78,79,80,81,82,83,84)/t42-,56-,57-,68+/m0/s1. The average Bonchev–Trinajstić information content (AvgIpc) is 1.30. The van der Waals surface area contributed by atoms with E-state index in [1.165, 1.54) is 13.0 Å². The number of carbonyl (C=O) groups excluding carboxylic acids is 7. The molecule has 1 aliphatic carbocycles. The molecule has 0 saturated heterocycles. The van der Waals surface area contributed by atoms with Crippen LogP contribution in [0, 0.1) is 0 Å². The summed E-state index contributed by atoms with van der Waals surface area (Å²) in [5.74, 6) is -4.21. The Morgan fingerprint density at radius 2 is 1.40 bits per heavy atom. The number of ether oxygens (including phenoxy) is 1. The van der Waals surface area contributed by atoms with Crippen LogP contribution >= 0.6 is 0 Å². The molecule has 3 aliphatic rings. The second-order valence-electron chi connectivity index (χ2n) is 22.0. The molecule has 7 N–H and O–H groups in total. The summed E-state index contributed by atoms with van der Waals surface area (Å²) < 4.78 is 14.3. The zero-order valence-corrected chi connectivity index (χ0v) is 49.1. The molecular weight excluding hydrogens is 1100 g/mol. The second-order valence-corrected chi connectivity index (χ2v) is 22.0. The van der Waals surface area contributed by atoms with Gasteiger partial charge in [0.25, 0.3) is 11.8 Å². The van der Waals surface area contributed by atoms with E-state index in [2.05, 4.69) is 31.9 Å². The molecule has 0 spiro atoms. The first-order valence-electron chi connectivity index (χ1n) is 28.8. The van der Waals surface area contributed by atoms with Crippen LogP contribution in [0.5, 0.6) is 5.75 Å². The minimum Gasteiger partial charge on any atom is -0.545 e. The molecule has 2 aliphatic heterocycles. The van der Waals surface area contributed by atoms with Crippen molar-refractivity contribution in [3.05, 3.63) is 203 Å². The van der Waals surface area contributed by atoms with E-state index in [4.69, 9.17) is 9.15 Å². The molecular formula is C68H70N8O11. The largest absolute Gasteiger partial charge is 0.545 e. The summed E-state index contributed by atoms with van der Waals surface area (Å²) in [7, 11) is 7.66. The Bertz CT molecular complexity index is 3880. The highest BCUT2D eigenvalue weighted by atomic mass is 16.5. The number of carbonyl (C=O) groups is 7. The lowest BCUT2D eigenvalue weighted by Gasteiger charge is -2.28. The minimum atomic E-state index is -2.18.